The summed E-state index contributed by atoms with van der Waals surface area (Å²) in [7, 11) is 0. The highest BCUT2D eigenvalue weighted by Crippen LogP contribution is 2.37. The van der Waals surface area contributed by atoms with E-state index >= 15 is 0 Å². The lowest BCUT2D eigenvalue weighted by Gasteiger charge is -2.48. The quantitative estimate of drug-likeness (QED) is 0.725. The molecule has 6 heteroatoms. The van der Waals surface area contributed by atoms with Crippen LogP contribution in [0.25, 0.3) is 10.9 Å². The van der Waals surface area contributed by atoms with E-state index in [4.69, 9.17) is 0 Å². The van der Waals surface area contributed by atoms with Gasteiger partial charge in [-0.3, -0.25) is 9.59 Å². The summed E-state index contributed by atoms with van der Waals surface area (Å²) in [6, 6.07) is 8.76. The number of nitrogens with zero attached hydrogens (tertiary/aromatic N) is 1. The van der Waals surface area contributed by atoms with Gasteiger partial charge in [-0.25, -0.2) is 0 Å². The normalized spacial score (nSPS) is 26.9. The van der Waals surface area contributed by atoms with Crippen LogP contribution in [0.3, 0.4) is 0 Å². The number of para-hydroxylation sites is 1. The van der Waals surface area contributed by atoms with Gasteiger partial charge in [-0.2, -0.15) is 0 Å². The first kappa shape index (κ1) is 16.3. The van der Waals surface area contributed by atoms with Crippen molar-refractivity contribution in [3.05, 3.63) is 46.2 Å². The Bertz CT molecular complexity index is 858. The lowest BCUT2D eigenvalue weighted by atomic mass is 9.72. The average Bonchev–Trinajstić information content (AvgIpc) is 2.63. The zero-order valence-electron chi connectivity index (χ0n) is 14.1. The van der Waals surface area contributed by atoms with Crippen molar-refractivity contribution in [2.45, 2.75) is 25.4 Å². The number of hydrogen-bond donors (Lipinski definition) is 3. The summed E-state index contributed by atoms with van der Waals surface area (Å²) >= 11 is 0. The Hall–Kier alpha value is -2.18. The zero-order chi connectivity index (χ0) is 17.4. The maximum Gasteiger partial charge on any atom is 0.254 e. The van der Waals surface area contributed by atoms with Gasteiger partial charge in [0.1, 0.15) is 0 Å². The van der Waals surface area contributed by atoms with Gasteiger partial charge >= 0.3 is 0 Å². The summed E-state index contributed by atoms with van der Waals surface area (Å²) in [6.45, 7) is 2.74. The van der Waals surface area contributed by atoms with Gasteiger partial charge in [0, 0.05) is 42.0 Å². The van der Waals surface area contributed by atoms with E-state index in [1.165, 1.54) is 6.07 Å². The number of pyridine rings is 1. The number of nitrogens with one attached hydrogen (secondary N) is 2. The highest BCUT2D eigenvalue weighted by Gasteiger charge is 2.44. The van der Waals surface area contributed by atoms with Crippen molar-refractivity contribution in [3.8, 4) is 0 Å². The van der Waals surface area contributed by atoms with Crippen LogP contribution in [0.4, 0.5) is 0 Å². The molecule has 0 saturated carbocycles. The number of amides is 1. The third kappa shape index (κ3) is 2.85. The third-order valence-corrected chi connectivity index (χ3v) is 5.66. The topological polar surface area (TPSA) is 85.4 Å². The third-order valence-electron chi connectivity index (χ3n) is 5.66. The molecule has 3 heterocycles. The lowest BCUT2D eigenvalue weighted by molar-refractivity contribution is -0.0432. The molecule has 4 rings (SSSR count). The summed E-state index contributed by atoms with van der Waals surface area (Å²) in [4.78, 5) is 29.7. The Labute approximate surface area is 145 Å². The molecular weight excluding hydrogens is 318 g/mol. The largest absolute Gasteiger partial charge is 0.392 e. The number of likely N-dealkylation sites (tertiary alicyclic amines) is 1. The Balaban J connectivity index is 1.68. The van der Waals surface area contributed by atoms with Crippen molar-refractivity contribution in [1.82, 2.24) is 15.2 Å². The van der Waals surface area contributed by atoms with Crippen molar-refractivity contribution in [2.24, 2.45) is 5.41 Å². The number of fused-ring (bicyclic) bond motifs is 1. The summed E-state index contributed by atoms with van der Waals surface area (Å²) in [5.74, 6) is -0.126. The second-order valence-electron chi connectivity index (χ2n) is 7.27. The molecule has 2 saturated heterocycles. The fourth-order valence-electron chi connectivity index (χ4n) is 4.30. The van der Waals surface area contributed by atoms with Crippen LogP contribution in [0.1, 0.15) is 29.6 Å². The number of rotatable bonds is 1. The average molecular weight is 341 g/mol. The first-order valence-corrected chi connectivity index (χ1v) is 8.89. The van der Waals surface area contributed by atoms with Gasteiger partial charge in [-0.1, -0.05) is 18.2 Å². The Morgan fingerprint density at radius 2 is 2.16 bits per heavy atom. The molecule has 2 aromatic rings. The number of aromatic nitrogens is 1. The van der Waals surface area contributed by atoms with Crippen molar-refractivity contribution < 1.29 is 9.90 Å². The van der Waals surface area contributed by atoms with Crippen molar-refractivity contribution >= 4 is 16.8 Å². The molecule has 2 aliphatic rings. The Kier molecular flexibility index (Phi) is 4.09. The number of carbonyl (C=O) groups is 1. The molecule has 1 aromatic heterocycles. The number of hydrogen-bond acceptors (Lipinski definition) is 4. The summed E-state index contributed by atoms with van der Waals surface area (Å²) in [6.07, 6.45) is 2.11. The number of piperidine rings is 2. The predicted octanol–water partition coefficient (Wildman–Crippen LogP) is 1.10. The number of aliphatic hydroxyl groups is 1. The number of H-pyrrole nitrogens is 1. The van der Waals surface area contributed by atoms with Crippen LogP contribution in [-0.2, 0) is 0 Å². The van der Waals surface area contributed by atoms with Gasteiger partial charge < -0.3 is 20.3 Å². The minimum Gasteiger partial charge on any atom is -0.392 e. The minimum atomic E-state index is -0.389. The highest BCUT2D eigenvalue weighted by atomic mass is 16.3. The van der Waals surface area contributed by atoms with Gasteiger partial charge in [-0.05, 0) is 31.9 Å². The van der Waals surface area contributed by atoms with Gasteiger partial charge in [0.15, 0.2) is 0 Å². The van der Waals surface area contributed by atoms with E-state index in [0.29, 0.717) is 24.2 Å². The zero-order valence-corrected chi connectivity index (χ0v) is 14.1. The number of benzene rings is 1. The molecule has 132 valence electrons. The number of carbonyl (C=O) groups excluding carboxylic acids is 1. The van der Waals surface area contributed by atoms with E-state index in [2.05, 4.69) is 10.3 Å². The van der Waals surface area contributed by atoms with Crippen molar-refractivity contribution in [1.29, 1.82) is 0 Å². The molecule has 2 atom stereocenters. The molecular formula is C19H23N3O3. The molecule has 1 spiro atoms. The molecule has 0 bridgehead atoms. The van der Waals surface area contributed by atoms with Crippen molar-refractivity contribution in [3.63, 3.8) is 0 Å². The standard InChI is InChI=1S/C19H23N3O3/c23-16-6-8-20-11-19(16)7-3-9-22(12-19)18(25)14-10-17(24)21-15-5-2-1-4-13(14)15/h1-2,4-5,10,16,20,23H,3,6-9,11-12H2,(H,21,24)/t16-,19-/m0/s1. The predicted molar refractivity (Wildman–Crippen MR) is 95.6 cm³/mol. The fourth-order valence-corrected chi connectivity index (χ4v) is 4.30. The monoisotopic (exact) mass is 341 g/mol. The van der Waals surface area contributed by atoms with E-state index in [1.807, 2.05) is 18.2 Å². The van der Waals surface area contributed by atoms with Crippen LogP contribution in [0.15, 0.2) is 35.1 Å². The van der Waals surface area contributed by atoms with E-state index in [-0.39, 0.29) is 23.0 Å². The fraction of sp³-hybridized carbons (Fsp3) is 0.474. The van der Waals surface area contributed by atoms with Crippen LogP contribution in [0, 0.1) is 5.41 Å². The molecule has 0 unspecified atom stereocenters. The maximum absolute atomic E-state index is 13.2. The van der Waals surface area contributed by atoms with Crippen LogP contribution in [-0.4, -0.2) is 53.2 Å². The van der Waals surface area contributed by atoms with Crippen LogP contribution >= 0.6 is 0 Å². The van der Waals surface area contributed by atoms with Crippen LogP contribution in [0.5, 0.6) is 0 Å². The smallest absolute Gasteiger partial charge is 0.254 e. The SMILES string of the molecule is O=C(c1cc(=O)[nH]c2ccccc12)N1CCC[C@]2(CNCC[C@@H]2O)C1. The summed E-state index contributed by atoms with van der Waals surface area (Å²) in [5.41, 5.74) is 0.565. The molecule has 2 fully saturated rings. The molecule has 1 amide bonds. The molecule has 0 aliphatic carbocycles. The van der Waals surface area contributed by atoms with E-state index < -0.39 is 0 Å². The number of aliphatic hydroxyl groups excluding tert-OH is 1. The molecule has 3 N–H and O–H groups in total. The molecule has 6 nitrogen and oxygen atoms in total. The first-order chi connectivity index (χ1) is 12.1. The Morgan fingerprint density at radius 3 is 3.00 bits per heavy atom. The van der Waals surface area contributed by atoms with Crippen LogP contribution < -0.4 is 10.9 Å². The second-order valence-corrected chi connectivity index (χ2v) is 7.27. The van der Waals surface area contributed by atoms with Crippen molar-refractivity contribution in [2.75, 3.05) is 26.2 Å². The highest BCUT2D eigenvalue weighted by molar-refractivity contribution is 6.06. The summed E-state index contributed by atoms with van der Waals surface area (Å²) in [5, 5.41) is 14.7. The molecule has 2 aliphatic heterocycles. The first-order valence-electron chi connectivity index (χ1n) is 8.89. The van der Waals surface area contributed by atoms with Gasteiger partial charge in [-0.15, -0.1) is 0 Å². The van der Waals surface area contributed by atoms with Gasteiger partial charge in [0.25, 0.3) is 5.91 Å². The van der Waals surface area contributed by atoms with E-state index in [9.17, 15) is 14.7 Å². The lowest BCUT2D eigenvalue weighted by Crippen LogP contribution is -2.58. The number of aromatic amines is 1. The molecule has 25 heavy (non-hydrogen) atoms. The maximum atomic E-state index is 13.2. The Morgan fingerprint density at radius 1 is 1.32 bits per heavy atom. The summed E-state index contributed by atoms with van der Waals surface area (Å²) < 4.78 is 0. The van der Waals surface area contributed by atoms with E-state index in [0.717, 1.165) is 37.7 Å². The second kappa shape index (κ2) is 6.28. The van der Waals surface area contributed by atoms with E-state index in [1.54, 1.807) is 11.0 Å². The van der Waals surface area contributed by atoms with Gasteiger partial charge in [0.05, 0.1) is 11.7 Å². The van der Waals surface area contributed by atoms with Gasteiger partial charge in [0.2, 0.25) is 5.56 Å². The van der Waals surface area contributed by atoms with Crippen LogP contribution in [0.2, 0.25) is 0 Å². The molecule has 1 aromatic carbocycles. The molecule has 0 radical (unpaired) electrons. The minimum absolute atomic E-state index is 0.126.